The SMILES string of the molecule is CC(C)(C)c1ccc(OCCCC(=O)Oc2ccc(/C=C(\C#N)C(=O)NCc3ccco3)cc2)c(Br)c1. The van der Waals surface area contributed by atoms with Crippen molar-refractivity contribution in [1.29, 1.82) is 5.26 Å². The fourth-order valence-electron chi connectivity index (χ4n) is 3.29. The number of esters is 1. The summed E-state index contributed by atoms with van der Waals surface area (Å²) in [6.45, 7) is 7.02. The van der Waals surface area contributed by atoms with Crippen molar-refractivity contribution >= 4 is 33.9 Å². The monoisotopic (exact) mass is 564 g/mol. The molecule has 0 unspecified atom stereocenters. The maximum Gasteiger partial charge on any atom is 0.311 e. The van der Waals surface area contributed by atoms with Gasteiger partial charge in [-0.3, -0.25) is 9.59 Å². The summed E-state index contributed by atoms with van der Waals surface area (Å²) in [6, 6.07) is 17.9. The van der Waals surface area contributed by atoms with E-state index in [2.05, 4.69) is 48.1 Å². The molecule has 8 heteroatoms. The smallest absolute Gasteiger partial charge is 0.311 e. The van der Waals surface area contributed by atoms with Crippen LogP contribution in [-0.4, -0.2) is 18.5 Å². The van der Waals surface area contributed by atoms with Gasteiger partial charge >= 0.3 is 5.97 Å². The Labute approximate surface area is 225 Å². The maximum atomic E-state index is 12.2. The van der Waals surface area contributed by atoms with Gasteiger partial charge in [0.15, 0.2) is 0 Å². The molecule has 0 bridgehead atoms. The van der Waals surface area contributed by atoms with Gasteiger partial charge in [-0.15, -0.1) is 0 Å². The first-order valence-corrected chi connectivity index (χ1v) is 12.6. The van der Waals surface area contributed by atoms with Crippen LogP contribution < -0.4 is 14.8 Å². The normalized spacial score (nSPS) is 11.5. The first-order valence-electron chi connectivity index (χ1n) is 11.8. The quantitative estimate of drug-likeness (QED) is 0.101. The molecule has 0 aliphatic carbocycles. The van der Waals surface area contributed by atoms with Crippen molar-refractivity contribution in [3.05, 3.63) is 87.8 Å². The van der Waals surface area contributed by atoms with Gasteiger partial charge in [0.2, 0.25) is 0 Å². The summed E-state index contributed by atoms with van der Waals surface area (Å²) in [7, 11) is 0. The molecular weight excluding hydrogens is 536 g/mol. The van der Waals surface area contributed by atoms with Gasteiger partial charge in [-0.05, 0) is 81.4 Å². The first-order chi connectivity index (χ1) is 17.7. The van der Waals surface area contributed by atoms with E-state index in [4.69, 9.17) is 13.9 Å². The molecule has 1 heterocycles. The Morgan fingerprint density at radius 3 is 2.51 bits per heavy atom. The number of benzene rings is 2. The molecule has 0 saturated heterocycles. The number of hydrogen-bond acceptors (Lipinski definition) is 6. The van der Waals surface area contributed by atoms with E-state index < -0.39 is 5.91 Å². The Balaban J connectivity index is 1.44. The van der Waals surface area contributed by atoms with Crippen LogP contribution in [0.1, 0.15) is 50.5 Å². The van der Waals surface area contributed by atoms with Crippen LogP contribution in [0.2, 0.25) is 0 Å². The lowest BCUT2D eigenvalue weighted by Crippen LogP contribution is -2.23. The highest BCUT2D eigenvalue weighted by Gasteiger charge is 2.15. The van der Waals surface area contributed by atoms with Crippen molar-refractivity contribution in [2.75, 3.05) is 6.61 Å². The molecule has 0 spiro atoms. The Morgan fingerprint density at radius 1 is 1.14 bits per heavy atom. The lowest BCUT2D eigenvalue weighted by atomic mass is 9.87. The summed E-state index contributed by atoms with van der Waals surface area (Å²) in [6.07, 6.45) is 3.68. The molecule has 1 aromatic heterocycles. The standard InChI is InChI=1S/C29H29BrN2O5/c1-29(2,3)22-10-13-26(25(30)17-22)36-15-5-7-27(33)37-23-11-8-20(9-12-23)16-21(18-31)28(34)32-19-24-6-4-14-35-24/h4,6,8-14,16-17H,5,7,15,19H2,1-3H3,(H,32,34)/b21-16+. The number of carbonyl (C=O) groups excluding carboxylic acids is 2. The number of nitrogens with one attached hydrogen (secondary N) is 1. The Hall–Kier alpha value is -3.83. The molecule has 1 N–H and O–H groups in total. The second-order valence-electron chi connectivity index (χ2n) is 9.32. The minimum atomic E-state index is -0.506. The summed E-state index contributed by atoms with van der Waals surface area (Å²) in [5, 5.41) is 12.0. The van der Waals surface area contributed by atoms with E-state index >= 15 is 0 Å². The number of furan rings is 1. The molecule has 0 radical (unpaired) electrons. The Kier molecular flexibility index (Phi) is 9.70. The van der Waals surface area contributed by atoms with Crippen molar-refractivity contribution in [3.8, 4) is 17.6 Å². The van der Waals surface area contributed by atoms with E-state index in [-0.39, 0.29) is 29.9 Å². The first kappa shape index (κ1) is 27.8. The van der Waals surface area contributed by atoms with Crippen molar-refractivity contribution < 1.29 is 23.5 Å². The van der Waals surface area contributed by atoms with E-state index in [1.54, 1.807) is 36.4 Å². The van der Waals surface area contributed by atoms with Gasteiger partial charge in [0.1, 0.15) is 28.9 Å². The topological polar surface area (TPSA) is 102 Å². The second kappa shape index (κ2) is 12.9. The number of ether oxygens (including phenoxy) is 2. The van der Waals surface area contributed by atoms with Crippen LogP contribution in [0.25, 0.3) is 6.08 Å². The summed E-state index contributed by atoms with van der Waals surface area (Å²) >= 11 is 3.55. The number of amides is 1. The lowest BCUT2D eigenvalue weighted by molar-refractivity contribution is -0.134. The zero-order valence-electron chi connectivity index (χ0n) is 21.0. The molecule has 0 saturated carbocycles. The van der Waals surface area contributed by atoms with Crippen LogP contribution in [0.5, 0.6) is 11.5 Å². The van der Waals surface area contributed by atoms with Crippen molar-refractivity contribution in [2.24, 2.45) is 0 Å². The van der Waals surface area contributed by atoms with Gasteiger partial charge in [-0.1, -0.05) is 39.0 Å². The number of hydrogen-bond donors (Lipinski definition) is 1. The molecule has 2 aromatic carbocycles. The van der Waals surface area contributed by atoms with Crippen molar-refractivity contribution in [2.45, 2.75) is 45.6 Å². The van der Waals surface area contributed by atoms with Gasteiger partial charge in [-0.25, -0.2) is 0 Å². The minimum Gasteiger partial charge on any atom is -0.492 e. The molecule has 192 valence electrons. The molecule has 3 rings (SSSR count). The summed E-state index contributed by atoms with van der Waals surface area (Å²) < 4.78 is 17.2. The van der Waals surface area contributed by atoms with Gasteiger partial charge in [0, 0.05) is 6.42 Å². The molecule has 7 nitrogen and oxygen atoms in total. The summed E-state index contributed by atoms with van der Waals surface area (Å²) in [4.78, 5) is 24.5. The maximum absolute atomic E-state index is 12.2. The van der Waals surface area contributed by atoms with Crippen molar-refractivity contribution in [1.82, 2.24) is 5.32 Å². The average molecular weight is 565 g/mol. The largest absolute Gasteiger partial charge is 0.492 e. The van der Waals surface area contributed by atoms with Gasteiger partial charge in [0.05, 0.1) is 23.9 Å². The lowest BCUT2D eigenvalue weighted by Gasteiger charge is -2.20. The number of halogens is 1. The van der Waals surface area contributed by atoms with Gasteiger partial charge in [-0.2, -0.15) is 5.26 Å². The zero-order valence-corrected chi connectivity index (χ0v) is 22.6. The number of nitriles is 1. The molecule has 0 atom stereocenters. The molecule has 37 heavy (non-hydrogen) atoms. The fraction of sp³-hybridized carbons (Fsp3) is 0.276. The number of carbonyl (C=O) groups is 2. The van der Waals surface area contributed by atoms with Crippen LogP contribution in [0, 0.1) is 11.3 Å². The second-order valence-corrected chi connectivity index (χ2v) is 10.2. The molecule has 0 aliphatic heterocycles. The molecular formula is C29H29BrN2O5. The highest BCUT2D eigenvalue weighted by molar-refractivity contribution is 9.10. The molecule has 0 aliphatic rings. The van der Waals surface area contributed by atoms with Crippen molar-refractivity contribution in [3.63, 3.8) is 0 Å². The Morgan fingerprint density at radius 2 is 1.89 bits per heavy atom. The fourth-order valence-corrected chi connectivity index (χ4v) is 3.78. The van der Waals surface area contributed by atoms with Gasteiger partial charge < -0.3 is 19.2 Å². The third-order valence-electron chi connectivity index (χ3n) is 5.37. The van der Waals surface area contributed by atoms with Crippen LogP contribution in [-0.2, 0) is 21.5 Å². The predicted octanol–water partition coefficient (Wildman–Crippen LogP) is 6.33. The molecule has 3 aromatic rings. The van der Waals surface area contributed by atoms with Crippen LogP contribution in [0.4, 0.5) is 0 Å². The van der Waals surface area contributed by atoms with E-state index in [0.717, 1.165) is 10.2 Å². The van der Waals surface area contributed by atoms with Crippen LogP contribution in [0.15, 0.2) is 75.3 Å². The average Bonchev–Trinajstić information content (AvgIpc) is 3.38. The zero-order chi connectivity index (χ0) is 26.8. The molecule has 0 fully saturated rings. The Bertz CT molecular complexity index is 1280. The summed E-state index contributed by atoms with van der Waals surface area (Å²) in [5.41, 5.74) is 1.83. The third kappa shape index (κ3) is 8.65. The minimum absolute atomic E-state index is 0.0454. The van der Waals surface area contributed by atoms with E-state index in [9.17, 15) is 14.9 Å². The van der Waals surface area contributed by atoms with E-state index in [1.807, 2.05) is 18.2 Å². The predicted molar refractivity (Wildman–Crippen MR) is 144 cm³/mol. The van der Waals surface area contributed by atoms with E-state index in [0.29, 0.717) is 30.1 Å². The van der Waals surface area contributed by atoms with Crippen LogP contribution >= 0.6 is 15.9 Å². The summed E-state index contributed by atoms with van der Waals surface area (Å²) in [5.74, 6) is 0.824. The van der Waals surface area contributed by atoms with E-state index in [1.165, 1.54) is 17.9 Å². The number of nitrogens with zero attached hydrogens (tertiary/aromatic N) is 1. The number of rotatable bonds is 10. The third-order valence-corrected chi connectivity index (χ3v) is 5.99. The highest BCUT2D eigenvalue weighted by atomic mass is 79.9. The van der Waals surface area contributed by atoms with Gasteiger partial charge in [0.25, 0.3) is 5.91 Å². The molecule has 1 amide bonds. The highest BCUT2D eigenvalue weighted by Crippen LogP contribution is 2.31. The van der Waals surface area contributed by atoms with Crippen LogP contribution in [0.3, 0.4) is 0 Å².